The molecule has 0 saturated carbocycles. The fraction of sp³-hybridized carbons (Fsp3) is 0.409. The molecule has 2 rings (SSSR count). The molecule has 0 aliphatic rings. The van der Waals surface area contributed by atoms with Crippen molar-refractivity contribution in [3.8, 4) is 0 Å². The quantitative estimate of drug-likeness (QED) is 0.500. The smallest absolute Gasteiger partial charge is 0.251 e. The highest BCUT2D eigenvalue weighted by atomic mass is 19.1. The van der Waals surface area contributed by atoms with E-state index in [9.17, 15) is 18.8 Å². The molecule has 0 unspecified atom stereocenters. The first-order valence-corrected chi connectivity index (χ1v) is 9.72. The Kier molecular flexibility index (Phi) is 8.11. The number of rotatable bonds is 10. The first-order chi connectivity index (χ1) is 13.5. The summed E-state index contributed by atoms with van der Waals surface area (Å²) in [4.78, 5) is 38.2. The normalized spacial score (nSPS) is 13.0. The summed E-state index contributed by atoms with van der Waals surface area (Å²) in [7, 11) is 0. The summed E-state index contributed by atoms with van der Waals surface area (Å²) in [5.74, 6) is -1.24. The predicted octanol–water partition coefficient (Wildman–Crippen LogP) is 3.74. The van der Waals surface area contributed by atoms with Crippen molar-refractivity contribution in [2.75, 3.05) is 6.54 Å². The van der Waals surface area contributed by atoms with E-state index < -0.39 is 29.1 Å². The lowest BCUT2D eigenvalue weighted by Crippen LogP contribution is -2.42. The van der Waals surface area contributed by atoms with E-state index in [-0.39, 0.29) is 5.56 Å². The molecule has 1 heterocycles. The summed E-state index contributed by atoms with van der Waals surface area (Å²) in [6, 6.07) is 8.08. The molecule has 0 spiro atoms. The molecule has 5 nitrogen and oxygen atoms in total. The molecule has 1 aromatic heterocycles. The molecule has 150 valence electrons. The Bertz CT molecular complexity index is 845. The molecule has 28 heavy (non-hydrogen) atoms. The van der Waals surface area contributed by atoms with Crippen LogP contribution in [0.5, 0.6) is 0 Å². The first-order valence-electron chi connectivity index (χ1n) is 9.72. The lowest BCUT2D eigenvalue weighted by atomic mass is 9.98. The molecule has 2 aromatic rings. The van der Waals surface area contributed by atoms with Crippen molar-refractivity contribution in [3.05, 3.63) is 70.4 Å². The fourth-order valence-electron chi connectivity index (χ4n) is 3.08. The summed E-state index contributed by atoms with van der Waals surface area (Å²) in [6.07, 6.45) is 5.49. The van der Waals surface area contributed by atoms with Crippen LogP contribution in [0.15, 0.2) is 53.5 Å². The van der Waals surface area contributed by atoms with Gasteiger partial charge in [0.2, 0.25) is 0 Å². The molecule has 0 aliphatic carbocycles. The number of carbonyl (C=O) groups excluding carboxylic acids is 2. The van der Waals surface area contributed by atoms with Gasteiger partial charge in [0.25, 0.3) is 11.5 Å². The third kappa shape index (κ3) is 5.62. The molecular formula is C22H27FN2O3. The molecule has 1 amide bonds. The Morgan fingerprint density at radius 2 is 1.82 bits per heavy atom. The van der Waals surface area contributed by atoms with E-state index in [4.69, 9.17) is 0 Å². The van der Waals surface area contributed by atoms with Crippen molar-refractivity contribution in [2.45, 2.75) is 45.6 Å². The number of benzene rings is 1. The van der Waals surface area contributed by atoms with Gasteiger partial charge in [-0.1, -0.05) is 39.2 Å². The summed E-state index contributed by atoms with van der Waals surface area (Å²) in [5.41, 5.74) is -0.272. The molecule has 0 saturated heterocycles. The molecule has 2 atom stereocenters. The van der Waals surface area contributed by atoms with E-state index in [0.29, 0.717) is 12.5 Å². The van der Waals surface area contributed by atoms with Crippen LogP contribution < -0.4 is 10.9 Å². The topological polar surface area (TPSA) is 68.2 Å². The molecule has 0 aliphatic heterocycles. The Morgan fingerprint density at radius 1 is 1.11 bits per heavy atom. The minimum atomic E-state index is -1.33. The highest BCUT2D eigenvalue weighted by Gasteiger charge is 2.30. The van der Waals surface area contributed by atoms with E-state index in [0.717, 1.165) is 42.4 Å². The Hall–Kier alpha value is -2.76. The number of nitrogens with zero attached hydrogens (tertiary/aromatic N) is 1. The maximum atomic E-state index is 13.2. The van der Waals surface area contributed by atoms with Gasteiger partial charge in [-0.05, 0) is 42.7 Å². The van der Waals surface area contributed by atoms with Crippen LogP contribution in [0.4, 0.5) is 4.39 Å². The highest BCUT2D eigenvalue weighted by molar-refractivity contribution is 6.11. The third-order valence-corrected chi connectivity index (χ3v) is 4.86. The minimum absolute atomic E-state index is 0.176. The van der Waals surface area contributed by atoms with Crippen LogP contribution in [-0.2, 0) is 4.79 Å². The average Bonchev–Trinajstić information content (AvgIpc) is 2.70. The zero-order valence-corrected chi connectivity index (χ0v) is 16.4. The summed E-state index contributed by atoms with van der Waals surface area (Å²) >= 11 is 0. The minimum Gasteiger partial charge on any atom is -0.354 e. The maximum absolute atomic E-state index is 13.2. The number of hydrogen-bond acceptors (Lipinski definition) is 3. The second-order valence-electron chi connectivity index (χ2n) is 6.88. The molecule has 0 fully saturated rings. The fourth-order valence-corrected chi connectivity index (χ4v) is 3.08. The van der Waals surface area contributed by atoms with Gasteiger partial charge in [0.15, 0.2) is 11.8 Å². The zero-order valence-electron chi connectivity index (χ0n) is 16.4. The summed E-state index contributed by atoms with van der Waals surface area (Å²) < 4.78 is 14.3. The monoisotopic (exact) mass is 386 g/mol. The van der Waals surface area contributed by atoms with Crippen LogP contribution in [0, 0.1) is 11.7 Å². The number of ketones is 1. The summed E-state index contributed by atoms with van der Waals surface area (Å²) in [5, 5.41) is 2.84. The van der Waals surface area contributed by atoms with Crippen LogP contribution in [0.3, 0.4) is 0 Å². The molecule has 6 heteroatoms. The lowest BCUT2D eigenvalue weighted by Gasteiger charge is -2.21. The Morgan fingerprint density at radius 3 is 2.43 bits per heavy atom. The van der Waals surface area contributed by atoms with Gasteiger partial charge in [0.05, 0.1) is 0 Å². The number of halogens is 1. The van der Waals surface area contributed by atoms with Gasteiger partial charge >= 0.3 is 0 Å². The molecule has 1 N–H and O–H groups in total. The second kappa shape index (κ2) is 10.5. The van der Waals surface area contributed by atoms with E-state index in [1.807, 2.05) is 0 Å². The van der Waals surface area contributed by atoms with Gasteiger partial charge < -0.3 is 5.32 Å². The Balaban J connectivity index is 2.27. The van der Waals surface area contributed by atoms with Gasteiger partial charge in [-0.25, -0.2) is 4.39 Å². The van der Waals surface area contributed by atoms with Crippen LogP contribution in [-0.4, -0.2) is 22.8 Å². The van der Waals surface area contributed by atoms with Gasteiger partial charge in [-0.3, -0.25) is 19.0 Å². The van der Waals surface area contributed by atoms with Crippen molar-refractivity contribution in [1.29, 1.82) is 0 Å². The van der Waals surface area contributed by atoms with Crippen molar-refractivity contribution < 1.29 is 14.0 Å². The van der Waals surface area contributed by atoms with Gasteiger partial charge in [-0.2, -0.15) is 0 Å². The standard InChI is InChI=1S/C22H27FN2O3/c1-3-5-8-16(4-2)15-24-22(28)20(25-14-7-6-9-19(25)26)21(27)17-10-12-18(23)13-11-17/h6-7,9-14,16,20H,3-5,8,15H2,1-2H3,(H,24,28)/t16-,20-/m0/s1. The lowest BCUT2D eigenvalue weighted by molar-refractivity contribution is -0.123. The Labute approximate surface area is 164 Å². The number of amides is 1. The number of aromatic nitrogens is 1. The van der Waals surface area contributed by atoms with Gasteiger partial charge in [0, 0.05) is 24.4 Å². The van der Waals surface area contributed by atoms with E-state index in [1.165, 1.54) is 24.4 Å². The highest BCUT2D eigenvalue weighted by Crippen LogP contribution is 2.16. The number of Topliss-reactive ketones (excluding diaryl/α,β-unsaturated/α-hetero) is 1. The summed E-state index contributed by atoms with van der Waals surface area (Å²) in [6.45, 7) is 4.63. The molecule has 0 radical (unpaired) electrons. The van der Waals surface area contributed by atoms with Crippen molar-refractivity contribution in [1.82, 2.24) is 9.88 Å². The molecule has 1 aromatic carbocycles. The van der Waals surface area contributed by atoms with E-state index >= 15 is 0 Å². The first kappa shape index (κ1) is 21.5. The van der Waals surface area contributed by atoms with E-state index in [1.54, 1.807) is 12.1 Å². The number of carbonyl (C=O) groups is 2. The maximum Gasteiger partial charge on any atom is 0.251 e. The van der Waals surface area contributed by atoms with Crippen LogP contribution in [0.2, 0.25) is 0 Å². The van der Waals surface area contributed by atoms with Crippen molar-refractivity contribution in [2.24, 2.45) is 5.92 Å². The number of unbranched alkanes of at least 4 members (excludes halogenated alkanes) is 1. The largest absolute Gasteiger partial charge is 0.354 e. The van der Waals surface area contributed by atoms with Crippen LogP contribution in [0.1, 0.15) is 55.9 Å². The van der Waals surface area contributed by atoms with Gasteiger partial charge in [-0.15, -0.1) is 0 Å². The van der Waals surface area contributed by atoms with Crippen LogP contribution in [0.25, 0.3) is 0 Å². The van der Waals surface area contributed by atoms with Crippen molar-refractivity contribution >= 4 is 11.7 Å². The van der Waals surface area contributed by atoms with Gasteiger partial charge in [0.1, 0.15) is 5.82 Å². The third-order valence-electron chi connectivity index (χ3n) is 4.86. The number of pyridine rings is 1. The van der Waals surface area contributed by atoms with Crippen LogP contribution >= 0.6 is 0 Å². The predicted molar refractivity (Wildman–Crippen MR) is 107 cm³/mol. The number of hydrogen-bond donors (Lipinski definition) is 1. The average molecular weight is 386 g/mol. The second-order valence-corrected chi connectivity index (χ2v) is 6.88. The van der Waals surface area contributed by atoms with Crippen molar-refractivity contribution in [3.63, 3.8) is 0 Å². The SMILES string of the molecule is CCCC[C@H](CC)CNC(=O)[C@H](C(=O)c1ccc(F)cc1)n1ccccc1=O. The van der Waals surface area contributed by atoms with E-state index in [2.05, 4.69) is 19.2 Å². The zero-order chi connectivity index (χ0) is 20.5. The molecule has 0 bridgehead atoms. The molecular weight excluding hydrogens is 359 g/mol. The number of nitrogens with one attached hydrogen (secondary N) is 1.